The number of hydrazine groups is 2. The fourth-order valence-corrected chi connectivity index (χ4v) is 4.22. The molecule has 4 heterocycles. The Bertz CT molecular complexity index is 963. The highest BCUT2D eigenvalue weighted by Crippen LogP contribution is 2.30. The van der Waals surface area contributed by atoms with E-state index < -0.39 is 12.2 Å². The highest BCUT2D eigenvalue weighted by Gasteiger charge is 2.33. The van der Waals surface area contributed by atoms with E-state index in [-0.39, 0.29) is 19.0 Å². The number of anilines is 2. The first-order chi connectivity index (χ1) is 15.7. The highest BCUT2D eigenvalue weighted by atomic mass is 19.1. The van der Waals surface area contributed by atoms with Gasteiger partial charge in [-0.3, -0.25) is 9.91 Å². The van der Waals surface area contributed by atoms with Crippen LogP contribution in [0.25, 0.3) is 0 Å². The number of carbonyl (C=O) groups is 1. The number of cyclic esters (lactones) is 1. The van der Waals surface area contributed by atoms with Crippen LogP contribution in [0.5, 0.6) is 5.88 Å². The molecule has 10 nitrogen and oxygen atoms in total. The number of amides is 1. The van der Waals surface area contributed by atoms with Gasteiger partial charge in [0.15, 0.2) is 6.10 Å². The lowest BCUT2D eigenvalue weighted by Crippen LogP contribution is -2.42. The number of piperidine rings is 1. The van der Waals surface area contributed by atoms with Gasteiger partial charge in [-0.05, 0) is 42.1 Å². The summed E-state index contributed by atoms with van der Waals surface area (Å²) in [7, 11) is 0. The molecule has 0 spiro atoms. The Morgan fingerprint density at radius 2 is 2.12 bits per heavy atom. The summed E-state index contributed by atoms with van der Waals surface area (Å²) in [6.07, 6.45) is 6.20. The van der Waals surface area contributed by atoms with E-state index >= 15 is 0 Å². The number of aromatic nitrogens is 1. The molecule has 2 N–H and O–H groups in total. The zero-order valence-corrected chi connectivity index (χ0v) is 17.4. The van der Waals surface area contributed by atoms with Gasteiger partial charge in [0.2, 0.25) is 0 Å². The Kier molecular flexibility index (Phi) is 5.71. The van der Waals surface area contributed by atoms with Crippen molar-refractivity contribution in [2.24, 2.45) is 5.92 Å². The molecule has 1 aromatic carbocycles. The molecule has 2 fully saturated rings. The SMILES string of the molecule is O=C1OC(COc2ccon2)CN1c1ccc(N2CCC(CN3C=CNN3)CC2)c(F)c1. The summed E-state index contributed by atoms with van der Waals surface area (Å²) in [5, 5.41) is 5.68. The number of ether oxygens (including phenoxy) is 2. The molecule has 2 aromatic rings. The van der Waals surface area contributed by atoms with Crippen molar-refractivity contribution in [3.8, 4) is 5.88 Å². The first-order valence-electron chi connectivity index (χ1n) is 10.7. The Balaban J connectivity index is 1.16. The second-order valence-electron chi connectivity index (χ2n) is 8.06. The Labute approximate surface area is 184 Å². The summed E-state index contributed by atoms with van der Waals surface area (Å²) in [6.45, 7) is 2.91. The van der Waals surface area contributed by atoms with Gasteiger partial charge in [-0.1, -0.05) is 0 Å². The molecule has 1 atom stereocenters. The molecular formula is C21H25FN6O4. The van der Waals surface area contributed by atoms with Gasteiger partial charge in [0.1, 0.15) is 18.7 Å². The molecule has 0 aliphatic carbocycles. The van der Waals surface area contributed by atoms with Crippen LogP contribution in [0, 0.1) is 11.7 Å². The van der Waals surface area contributed by atoms with Crippen LogP contribution in [-0.2, 0) is 4.74 Å². The largest absolute Gasteiger partial charge is 0.471 e. The summed E-state index contributed by atoms with van der Waals surface area (Å²) in [6, 6.07) is 6.47. The van der Waals surface area contributed by atoms with E-state index in [9.17, 15) is 9.18 Å². The van der Waals surface area contributed by atoms with Crippen LogP contribution in [0.1, 0.15) is 12.8 Å². The molecule has 3 aliphatic heterocycles. The van der Waals surface area contributed by atoms with Crippen molar-refractivity contribution in [3.05, 3.63) is 48.7 Å². The van der Waals surface area contributed by atoms with Gasteiger partial charge >= 0.3 is 6.09 Å². The molecule has 170 valence electrons. The molecule has 5 rings (SSSR count). The molecule has 1 amide bonds. The average Bonchev–Trinajstić information content (AvgIpc) is 3.56. The summed E-state index contributed by atoms with van der Waals surface area (Å²) in [5.41, 5.74) is 7.02. The number of nitrogens with zero attached hydrogens (tertiary/aromatic N) is 4. The average molecular weight is 444 g/mol. The molecule has 0 bridgehead atoms. The van der Waals surface area contributed by atoms with E-state index in [0.717, 1.165) is 32.5 Å². The smallest absolute Gasteiger partial charge is 0.414 e. The van der Waals surface area contributed by atoms with Crippen LogP contribution in [0.4, 0.5) is 20.6 Å². The zero-order chi connectivity index (χ0) is 21.9. The predicted octanol–water partition coefficient (Wildman–Crippen LogP) is 2.23. The maximum atomic E-state index is 15.0. The third-order valence-corrected chi connectivity index (χ3v) is 5.90. The number of halogens is 1. The van der Waals surface area contributed by atoms with Gasteiger partial charge < -0.3 is 24.3 Å². The fourth-order valence-electron chi connectivity index (χ4n) is 4.22. The number of carbonyl (C=O) groups excluding carboxylic acids is 1. The lowest BCUT2D eigenvalue weighted by Gasteiger charge is -2.35. The van der Waals surface area contributed by atoms with E-state index in [1.807, 2.05) is 17.4 Å². The lowest BCUT2D eigenvalue weighted by atomic mass is 9.96. The zero-order valence-electron chi connectivity index (χ0n) is 17.4. The molecule has 1 aromatic heterocycles. The number of benzene rings is 1. The van der Waals surface area contributed by atoms with Crippen molar-refractivity contribution < 1.29 is 23.2 Å². The van der Waals surface area contributed by atoms with Crippen molar-refractivity contribution in [1.29, 1.82) is 0 Å². The third-order valence-electron chi connectivity index (χ3n) is 5.90. The van der Waals surface area contributed by atoms with Crippen LogP contribution in [0.2, 0.25) is 0 Å². The number of hydrogen-bond donors (Lipinski definition) is 2. The number of rotatable bonds is 7. The molecule has 3 aliphatic rings. The van der Waals surface area contributed by atoms with Gasteiger partial charge in [0.05, 0.1) is 17.9 Å². The van der Waals surface area contributed by atoms with Crippen molar-refractivity contribution in [3.63, 3.8) is 0 Å². The van der Waals surface area contributed by atoms with E-state index in [1.54, 1.807) is 18.2 Å². The van der Waals surface area contributed by atoms with Gasteiger partial charge in [-0.2, -0.15) is 0 Å². The summed E-state index contributed by atoms with van der Waals surface area (Å²) in [4.78, 5) is 15.8. The molecule has 32 heavy (non-hydrogen) atoms. The van der Waals surface area contributed by atoms with Gasteiger partial charge in [-0.25, -0.2) is 9.18 Å². The highest BCUT2D eigenvalue weighted by molar-refractivity contribution is 5.90. The summed E-state index contributed by atoms with van der Waals surface area (Å²) < 4.78 is 30.4. The molecule has 1 unspecified atom stereocenters. The van der Waals surface area contributed by atoms with Gasteiger partial charge in [-0.15, -0.1) is 5.53 Å². The summed E-state index contributed by atoms with van der Waals surface area (Å²) in [5.74, 6) is 0.522. The molecule has 0 saturated carbocycles. The minimum atomic E-state index is -0.522. The molecule has 11 heteroatoms. The van der Waals surface area contributed by atoms with Crippen molar-refractivity contribution in [2.75, 3.05) is 42.6 Å². The maximum Gasteiger partial charge on any atom is 0.414 e. The van der Waals surface area contributed by atoms with E-state index in [2.05, 4.69) is 21.0 Å². The molecule has 2 saturated heterocycles. The predicted molar refractivity (Wildman–Crippen MR) is 113 cm³/mol. The Morgan fingerprint density at radius 1 is 1.25 bits per heavy atom. The summed E-state index contributed by atoms with van der Waals surface area (Å²) >= 11 is 0. The standard InChI is InChI=1S/C21H25FN6O4/c22-18-11-16(28-13-17(32-21(28)29)14-30-20-5-10-31-24-20)1-2-19(18)26-7-3-15(4-8-26)12-27-9-6-23-25-27/h1-2,5-6,9-11,15,17,23,25H,3-4,7-8,12-14H2. The fraction of sp³-hybridized carbons (Fsp3) is 0.429. The van der Waals surface area contributed by atoms with Crippen LogP contribution in [-0.4, -0.2) is 55.1 Å². The van der Waals surface area contributed by atoms with E-state index in [0.29, 0.717) is 23.2 Å². The van der Waals surface area contributed by atoms with Crippen LogP contribution in [0.15, 0.2) is 47.5 Å². The Morgan fingerprint density at radius 3 is 2.84 bits per heavy atom. The first-order valence-corrected chi connectivity index (χ1v) is 10.7. The third kappa shape index (κ3) is 4.42. The monoisotopic (exact) mass is 444 g/mol. The quantitative estimate of drug-likeness (QED) is 0.667. The minimum absolute atomic E-state index is 0.142. The second kappa shape index (κ2) is 8.95. The van der Waals surface area contributed by atoms with Gasteiger partial charge in [0, 0.05) is 38.1 Å². The first kappa shape index (κ1) is 20.4. The van der Waals surface area contributed by atoms with Crippen LogP contribution in [0.3, 0.4) is 0 Å². The van der Waals surface area contributed by atoms with Crippen molar-refractivity contribution in [1.82, 2.24) is 21.1 Å². The molecular weight excluding hydrogens is 419 g/mol. The second-order valence-corrected chi connectivity index (χ2v) is 8.06. The normalized spacial score (nSPS) is 21.2. The number of nitrogens with one attached hydrogen (secondary N) is 2. The van der Waals surface area contributed by atoms with Crippen LogP contribution < -0.4 is 25.5 Å². The minimum Gasteiger partial charge on any atom is -0.471 e. The van der Waals surface area contributed by atoms with Gasteiger partial charge in [0.25, 0.3) is 5.88 Å². The van der Waals surface area contributed by atoms with E-state index in [1.165, 1.54) is 17.2 Å². The number of hydrogen-bond acceptors (Lipinski definition) is 9. The van der Waals surface area contributed by atoms with Crippen molar-refractivity contribution in [2.45, 2.75) is 18.9 Å². The Hall–Kier alpha value is -3.47. The van der Waals surface area contributed by atoms with Crippen molar-refractivity contribution >= 4 is 17.5 Å². The van der Waals surface area contributed by atoms with Crippen LogP contribution >= 0.6 is 0 Å². The lowest BCUT2D eigenvalue weighted by molar-refractivity contribution is 0.102. The van der Waals surface area contributed by atoms with E-state index in [4.69, 9.17) is 14.0 Å². The molecule has 0 radical (unpaired) electrons. The maximum absolute atomic E-state index is 15.0. The topological polar surface area (TPSA) is 95.3 Å².